The van der Waals surface area contributed by atoms with Gasteiger partial charge < -0.3 is 15.2 Å². The first-order chi connectivity index (χ1) is 23.2. The van der Waals surface area contributed by atoms with Gasteiger partial charge in [-0.3, -0.25) is 24.2 Å². The van der Waals surface area contributed by atoms with Crippen LogP contribution in [-0.2, 0) is 30.5 Å². The Kier molecular flexibility index (Phi) is 9.03. The highest BCUT2D eigenvalue weighted by molar-refractivity contribution is 6.07. The predicted octanol–water partition coefficient (Wildman–Crippen LogP) is 8.09. The third-order valence-corrected chi connectivity index (χ3v) is 15.4. The van der Waals surface area contributed by atoms with E-state index < -0.39 is 22.8 Å². The number of hydrogen-bond acceptors (Lipinski definition) is 6. The first-order valence-corrected chi connectivity index (χ1v) is 19.1. The number of carboxylic acids is 1. The average molecular weight is 689 g/mol. The van der Waals surface area contributed by atoms with Crippen molar-refractivity contribution in [3.8, 4) is 0 Å². The summed E-state index contributed by atoms with van der Waals surface area (Å²) >= 11 is 0. The highest BCUT2D eigenvalue weighted by Crippen LogP contribution is 2.76. The van der Waals surface area contributed by atoms with Gasteiger partial charge in [0.1, 0.15) is 6.10 Å². The summed E-state index contributed by atoms with van der Waals surface area (Å²) < 4.78 is 6.15. The number of Topliss-reactive ketones (excluding diaryl/α,β-unsaturated/α-hetero) is 1. The third kappa shape index (κ3) is 5.39. The fourth-order valence-corrected chi connectivity index (χ4v) is 12.6. The largest absolute Gasteiger partial charge is 0.481 e. The molecular weight excluding hydrogens is 628 g/mol. The number of amides is 1. The number of ketones is 1. The van der Waals surface area contributed by atoms with Gasteiger partial charge in [-0.2, -0.15) is 0 Å². The van der Waals surface area contributed by atoms with E-state index >= 15 is 0 Å². The summed E-state index contributed by atoms with van der Waals surface area (Å²) in [5, 5.41) is 12.8. The van der Waals surface area contributed by atoms with Crippen LogP contribution < -0.4 is 5.32 Å². The highest BCUT2D eigenvalue weighted by Gasteiger charge is 2.71. The van der Waals surface area contributed by atoms with E-state index in [0.717, 1.165) is 61.7 Å². The zero-order valence-electron chi connectivity index (χ0n) is 31.9. The second-order valence-corrected chi connectivity index (χ2v) is 19.0. The summed E-state index contributed by atoms with van der Waals surface area (Å²) in [6.45, 7) is 19.8. The molecule has 0 bridgehead atoms. The number of pyridine rings is 1. The molecule has 2 N–H and O–H groups in total. The second-order valence-electron chi connectivity index (χ2n) is 19.0. The first-order valence-electron chi connectivity index (χ1n) is 19.1. The molecule has 5 aliphatic carbocycles. The van der Waals surface area contributed by atoms with E-state index in [-0.39, 0.29) is 64.1 Å². The number of rotatable bonds is 8. The maximum Gasteiger partial charge on any atom is 0.309 e. The van der Waals surface area contributed by atoms with Crippen LogP contribution in [0.25, 0.3) is 0 Å². The molecule has 4 saturated carbocycles. The molecular formula is C42H60N2O6. The van der Waals surface area contributed by atoms with Crippen molar-refractivity contribution in [2.24, 2.45) is 56.2 Å². The van der Waals surface area contributed by atoms with Crippen LogP contribution in [0.1, 0.15) is 132 Å². The molecule has 0 radical (unpaired) electrons. The number of nitrogens with zero attached hydrogens (tertiary/aromatic N) is 1. The number of carbonyl (C=O) groups excluding carboxylic acids is 3. The summed E-state index contributed by atoms with van der Waals surface area (Å²) in [5.41, 5.74) is 0.872. The summed E-state index contributed by atoms with van der Waals surface area (Å²) in [6.07, 6.45) is 10.8. The Morgan fingerprint density at radius 2 is 1.62 bits per heavy atom. The Morgan fingerprint density at radius 1 is 0.940 bits per heavy atom. The fraction of sp³-hybridized carbons (Fsp3) is 0.738. The van der Waals surface area contributed by atoms with Crippen LogP contribution in [0.3, 0.4) is 0 Å². The van der Waals surface area contributed by atoms with Gasteiger partial charge in [0, 0.05) is 30.8 Å². The standard InChI is InChI=1S/C42H60N2O6/c1-25(2)33-28(45)22-42(35(47)44-24-26-14-20-43-21-15-26)19-18-40(8)27(34(33)42)10-11-30-39(7)16-13-31(50-32(46)23-37(3,4)36(48)49)38(5,6)29(39)12-17-41(30,40)9/h14-15,20-21,25,27,29-31H,10-13,16-19,22-24H2,1-9H3,(H,44,47)(H,48,49)/t27-,29+,30-,31+,39+,40-,41-,42-/m1/s1. The Labute approximate surface area is 299 Å². The van der Waals surface area contributed by atoms with Crippen LogP contribution >= 0.6 is 0 Å². The van der Waals surface area contributed by atoms with Crippen LogP contribution in [0.15, 0.2) is 35.7 Å². The number of esters is 1. The zero-order chi connectivity index (χ0) is 36.7. The zero-order valence-corrected chi connectivity index (χ0v) is 31.9. The highest BCUT2D eigenvalue weighted by atomic mass is 16.5. The number of carboxylic acid groups (broad SMARTS) is 1. The van der Waals surface area contributed by atoms with E-state index in [4.69, 9.17) is 4.74 Å². The minimum absolute atomic E-state index is 0.000306. The van der Waals surface area contributed by atoms with Crippen molar-refractivity contribution in [1.29, 1.82) is 0 Å². The molecule has 8 nitrogen and oxygen atoms in total. The van der Waals surface area contributed by atoms with Crippen molar-refractivity contribution in [3.05, 3.63) is 41.2 Å². The lowest BCUT2D eigenvalue weighted by Crippen LogP contribution is -2.66. The molecule has 4 fully saturated rings. The van der Waals surface area contributed by atoms with Crippen LogP contribution in [0, 0.1) is 56.2 Å². The minimum atomic E-state index is -1.17. The van der Waals surface area contributed by atoms with E-state index in [1.54, 1.807) is 26.2 Å². The predicted molar refractivity (Wildman–Crippen MR) is 191 cm³/mol. The SMILES string of the molecule is CC(C)C1=C2[C@H]3CC[C@@H]4[C@@]5(C)CC[C@H](OC(=O)CC(C)(C)C(=O)O)C(C)(C)[C@@H]5CC[C@@]4(C)[C@]3(C)CC[C@@]2(C(=O)NCc2ccncc2)CC1=O. The Balaban J connectivity index is 1.29. The van der Waals surface area contributed by atoms with Crippen molar-refractivity contribution < 1.29 is 29.0 Å². The number of ether oxygens (including phenoxy) is 1. The van der Waals surface area contributed by atoms with Gasteiger partial charge in [-0.25, -0.2) is 0 Å². The minimum Gasteiger partial charge on any atom is -0.481 e. The van der Waals surface area contributed by atoms with Crippen molar-refractivity contribution in [1.82, 2.24) is 10.3 Å². The van der Waals surface area contributed by atoms with E-state index in [2.05, 4.69) is 58.8 Å². The first kappa shape index (κ1) is 36.8. The van der Waals surface area contributed by atoms with E-state index in [1.807, 2.05) is 12.1 Å². The number of aliphatic carboxylic acids is 1. The quantitative estimate of drug-likeness (QED) is 0.265. The van der Waals surface area contributed by atoms with Crippen molar-refractivity contribution >= 4 is 23.6 Å². The number of allylic oxidation sites excluding steroid dienone is 1. The fourth-order valence-electron chi connectivity index (χ4n) is 12.6. The van der Waals surface area contributed by atoms with Gasteiger partial charge in [-0.15, -0.1) is 0 Å². The summed E-state index contributed by atoms with van der Waals surface area (Å²) in [5.74, 6) is -0.211. The molecule has 0 unspecified atom stereocenters. The van der Waals surface area contributed by atoms with E-state index in [0.29, 0.717) is 24.8 Å². The van der Waals surface area contributed by atoms with Crippen molar-refractivity contribution in [2.75, 3.05) is 0 Å². The van der Waals surface area contributed by atoms with Crippen LogP contribution in [0.5, 0.6) is 0 Å². The normalized spacial score (nSPS) is 37.7. The number of fused-ring (bicyclic) bond motifs is 7. The van der Waals surface area contributed by atoms with Gasteiger partial charge in [0.2, 0.25) is 5.91 Å². The molecule has 8 atom stereocenters. The monoisotopic (exact) mass is 688 g/mol. The molecule has 50 heavy (non-hydrogen) atoms. The van der Waals surface area contributed by atoms with E-state index in [1.165, 1.54) is 0 Å². The molecule has 1 heterocycles. The van der Waals surface area contributed by atoms with Crippen LogP contribution in [0.2, 0.25) is 0 Å². The molecule has 1 aromatic heterocycles. The summed E-state index contributed by atoms with van der Waals surface area (Å²) in [4.78, 5) is 57.2. The number of carbonyl (C=O) groups is 4. The molecule has 8 heteroatoms. The molecule has 0 spiro atoms. The van der Waals surface area contributed by atoms with Gasteiger partial charge in [-0.1, -0.05) is 48.5 Å². The lowest BCUT2D eigenvalue weighted by molar-refractivity contribution is -0.233. The maximum absolute atomic E-state index is 14.4. The Hall–Kier alpha value is -3.03. The topological polar surface area (TPSA) is 123 Å². The number of nitrogens with one attached hydrogen (secondary N) is 1. The molecule has 0 saturated heterocycles. The maximum atomic E-state index is 14.4. The summed E-state index contributed by atoms with van der Waals surface area (Å²) in [6, 6.07) is 3.84. The third-order valence-electron chi connectivity index (χ3n) is 15.4. The van der Waals surface area contributed by atoms with Crippen LogP contribution in [-0.4, -0.2) is 39.8 Å². The Bertz CT molecular complexity index is 1600. The number of aromatic nitrogens is 1. The second kappa shape index (κ2) is 12.3. The lowest BCUT2D eigenvalue weighted by atomic mass is 9.33. The molecule has 1 aromatic rings. The van der Waals surface area contributed by atoms with E-state index in [9.17, 15) is 24.3 Å². The van der Waals surface area contributed by atoms with Crippen molar-refractivity contribution in [3.63, 3.8) is 0 Å². The van der Waals surface area contributed by atoms with Gasteiger partial charge >= 0.3 is 11.9 Å². The van der Waals surface area contributed by atoms with Gasteiger partial charge in [-0.05, 0) is 134 Å². The van der Waals surface area contributed by atoms with Gasteiger partial charge in [0.25, 0.3) is 0 Å². The number of hydrogen-bond donors (Lipinski definition) is 2. The van der Waals surface area contributed by atoms with Crippen LogP contribution in [0.4, 0.5) is 0 Å². The molecule has 5 aliphatic rings. The summed E-state index contributed by atoms with van der Waals surface area (Å²) in [7, 11) is 0. The molecule has 1 amide bonds. The average Bonchev–Trinajstić information content (AvgIpc) is 3.35. The van der Waals surface area contributed by atoms with Gasteiger partial charge in [0.05, 0.1) is 17.3 Å². The lowest BCUT2D eigenvalue weighted by Gasteiger charge is -2.72. The molecule has 0 aromatic carbocycles. The Morgan fingerprint density at radius 3 is 2.26 bits per heavy atom. The molecule has 274 valence electrons. The van der Waals surface area contributed by atoms with Gasteiger partial charge in [0.15, 0.2) is 5.78 Å². The molecule has 0 aliphatic heterocycles. The van der Waals surface area contributed by atoms with Crippen molar-refractivity contribution in [2.45, 2.75) is 139 Å². The molecule has 6 rings (SSSR count). The smallest absolute Gasteiger partial charge is 0.309 e.